The van der Waals surface area contributed by atoms with Crippen LogP contribution in [0.5, 0.6) is 0 Å². The zero-order valence-corrected chi connectivity index (χ0v) is 14.1. The van der Waals surface area contributed by atoms with Crippen LogP contribution in [0.3, 0.4) is 0 Å². The summed E-state index contributed by atoms with van der Waals surface area (Å²) in [6.07, 6.45) is 1.56. The highest BCUT2D eigenvalue weighted by Crippen LogP contribution is 2.24. The summed E-state index contributed by atoms with van der Waals surface area (Å²) in [6, 6.07) is 11.1. The van der Waals surface area contributed by atoms with E-state index >= 15 is 0 Å². The molecular formula is C15H11Br2N3O. The Morgan fingerprint density at radius 3 is 2.81 bits per heavy atom. The second-order valence-corrected chi connectivity index (χ2v) is 6.37. The minimum atomic E-state index is -0.0735. The molecule has 2 aromatic carbocycles. The Morgan fingerprint density at radius 1 is 1.19 bits per heavy atom. The molecule has 1 heterocycles. The Hall–Kier alpha value is -1.66. The number of hydrogen-bond donors (Lipinski definition) is 1. The van der Waals surface area contributed by atoms with Crippen molar-refractivity contribution >= 4 is 48.5 Å². The van der Waals surface area contributed by atoms with Crippen LogP contribution in [-0.4, -0.2) is 9.55 Å². The van der Waals surface area contributed by atoms with E-state index in [1.54, 1.807) is 17.0 Å². The summed E-state index contributed by atoms with van der Waals surface area (Å²) in [6.45, 7) is 0.417. The molecule has 0 fully saturated rings. The van der Waals surface area contributed by atoms with Crippen molar-refractivity contribution in [3.05, 3.63) is 67.6 Å². The molecule has 0 atom stereocenters. The van der Waals surface area contributed by atoms with Crippen LogP contribution in [0.2, 0.25) is 0 Å². The average molecular weight is 409 g/mol. The second-order valence-electron chi connectivity index (χ2n) is 4.66. The first kappa shape index (κ1) is 14.3. The molecule has 0 radical (unpaired) electrons. The molecular weight excluding hydrogens is 398 g/mol. The van der Waals surface area contributed by atoms with E-state index < -0.39 is 0 Å². The normalized spacial score (nSPS) is 11.0. The summed E-state index contributed by atoms with van der Waals surface area (Å²) in [5.74, 6) is 0. The van der Waals surface area contributed by atoms with Gasteiger partial charge in [-0.2, -0.15) is 0 Å². The predicted molar refractivity (Wildman–Crippen MR) is 91.4 cm³/mol. The molecule has 0 aliphatic heterocycles. The third-order valence-corrected chi connectivity index (χ3v) is 4.70. The summed E-state index contributed by atoms with van der Waals surface area (Å²) in [4.78, 5) is 16.9. The first-order valence-electron chi connectivity index (χ1n) is 6.24. The highest BCUT2D eigenvalue weighted by Gasteiger charge is 2.08. The summed E-state index contributed by atoms with van der Waals surface area (Å²) in [7, 11) is 0. The van der Waals surface area contributed by atoms with Gasteiger partial charge in [0.15, 0.2) is 0 Å². The van der Waals surface area contributed by atoms with Crippen LogP contribution < -0.4 is 11.3 Å². The number of rotatable bonds is 2. The SMILES string of the molecule is Nc1cccc(Cn2cnc3ccc(Br)cc3c2=O)c1Br. The van der Waals surface area contributed by atoms with Crippen LogP contribution in [0.1, 0.15) is 5.56 Å². The average Bonchev–Trinajstić information content (AvgIpc) is 2.47. The zero-order chi connectivity index (χ0) is 15.0. The van der Waals surface area contributed by atoms with E-state index in [-0.39, 0.29) is 5.56 Å². The number of halogens is 2. The van der Waals surface area contributed by atoms with E-state index in [0.717, 1.165) is 14.5 Å². The van der Waals surface area contributed by atoms with Crippen LogP contribution >= 0.6 is 31.9 Å². The highest BCUT2D eigenvalue weighted by molar-refractivity contribution is 9.11. The molecule has 0 saturated carbocycles. The van der Waals surface area contributed by atoms with Crippen LogP contribution in [0.15, 0.2) is 56.5 Å². The van der Waals surface area contributed by atoms with E-state index in [9.17, 15) is 4.79 Å². The molecule has 3 rings (SSSR count). The maximum Gasteiger partial charge on any atom is 0.261 e. The van der Waals surface area contributed by atoms with Gasteiger partial charge in [0.1, 0.15) is 0 Å². The van der Waals surface area contributed by atoms with E-state index in [1.807, 2.05) is 30.3 Å². The minimum absolute atomic E-state index is 0.0735. The van der Waals surface area contributed by atoms with Gasteiger partial charge < -0.3 is 5.73 Å². The van der Waals surface area contributed by atoms with Crippen molar-refractivity contribution in [3.63, 3.8) is 0 Å². The molecule has 21 heavy (non-hydrogen) atoms. The van der Waals surface area contributed by atoms with Crippen LogP contribution in [0.25, 0.3) is 10.9 Å². The molecule has 1 aromatic heterocycles. The Balaban J connectivity index is 2.11. The van der Waals surface area contributed by atoms with Crippen LogP contribution in [0, 0.1) is 0 Å². The van der Waals surface area contributed by atoms with Gasteiger partial charge in [-0.25, -0.2) is 4.98 Å². The van der Waals surface area contributed by atoms with Gasteiger partial charge in [-0.05, 0) is 45.8 Å². The van der Waals surface area contributed by atoms with Gasteiger partial charge in [-0.1, -0.05) is 28.1 Å². The fourth-order valence-corrected chi connectivity index (χ4v) is 2.90. The van der Waals surface area contributed by atoms with Crippen molar-refractivity contribution in [2.75, 3.05) is 5.73 Å². The van der Waals surface area contributed by atoms with Crippen molar-refractivity contribution in [3.8, 4) is 0 Å². The lowest BCUT2D eigenvalue weighted by atomic mass is 10.2. The molecule has 6 heteroatoms. The number of anilines is 1. The maximum absolute atomic E-state index is 12.5. The fraction of sp³-hybridized carbons (Fsp3) is 0.0667. The minimum Gasteiger partial charge on any atom is -0.398 e. The first-order chi connectivity index (χ1) is 10.1. The zero-order valence-electron chi connectivity index (χ0n) is 10.9. The summed E-state index contributed by atoms with van der Waals surface area (Å²) in [5.41, 5.74) is 8.07. The topological polar surface area (TPSA) is 60.9 Å². The molecule has 0 bridgehead atoms. The van der Waals surface area contributed by atoms with E-state index in [0.29, 0.717) is 23.1 Å². The monoisotopic (exact) mass is 407 g/mol. The molecule has 0 saturated heterocycles. The molecule has 0 unspecified atom stereocenters. The van der Waals surface area contributed by atoms with E-state index in [2.05, 4.69) is 36.8 Å². The Bertz CT molecular complexity index is 890. The summed E-state index contributed by atoms with van der Waals surface area (Å²) >= 11 is 6.83. The van der Waals surface area contributed by atoms with E-state index in [4.69, 9.17) is 5.73 Å². The largest absolute Gasteiger partial charge is 0.398 e. The number of nitrogen functional groups attached to an aromatic ring is 1. The molecule has 106 valence electrons. The third-order valence-electron chi connectivity index (χ3n) is 3.24. The van der Waals surface area contributed by atoms with Crippen molar-refractivity contribution in [1.29, 1.82) is 0 Å². The predicted octanol–water partition coefficient (Wildman–Crippen LogP) is 3.55. The fourth-order valence-electron chi connectivity index (χ4n) is 2.15. The molecule has 0 amide bonds. The Kier molecular flexibility index (Phi) is 3.82. The quantitative estimate of drug-likeness (QED) is 0.659. The molecule has 4 nitrogen and oxygen atoms in total. The van der Waals surface area contributed by atoms with Gasteiger partial charge in [-0.3, -0.25) is 9.36 Å². The molecule has 0 aliphatic carbocycles. The van der Waals surface area contributed by atoms with Crippen molar-refractivity contribution in [2.45, 2.75) is 6.54 Å². The number of nitrogens with two attached hydrogens (primary N) is 1. The number of hydrogen-bond acceptors (Lipinski definition) is 3. The summed E-state index contributed by atoms with van der Waals surface area (Å²) in [5, 5.41) is 0.590. The maximum atomic E-state index is 12.5. The first-order valence-corrected chi connectivity index (χ1v) is 7.82. The lowest BCUT2D eigenvalue weighted by Crippen LogP contribution is -2.21. The van der Waals surface area contributed by atoms with Gasteiger partial charge in [0.05, 0.1) is 23.8 Å². The van der Waals surface area contributed by atoms with Gasteiger partial charge >= 0.3 is 0 Å². The third kappa shape index (κ3) is 2.73. The van der Waals surface area contributed by atoms with Crippen LogP contribution in [0.4, 0.5) is 5.69 Å². The molecule has 0 aliphatic rings. The molecule has 3 aromatic rings. The lowest BCUT2D eigenvalue weighted by molar-refractivity contribution is 0.746. The van der Waals surface area contributed by atoms with E-state index in [1.165, 1.54) is 0 Å². The second kappa shape index (κ2) is 5.61. The Morgan fingerprint density at radius 2 is 2.00 bits per heavy atom. The number of nitrogens with zero attached hydrogens (tertiary/aromatic N) is 2. The Labute approximate surface area is 137 Å². The summed E-state index contributed by atoms with van der Waals surface area (Å²) < 4.78 is 3.25. The van der Waals surface area contributed by atoms with Gasteiger partial charge in [0.25, 0.3) is 5.56 Å². The highest BCUT2D eigenvalue weighted by atomic mass is 79.9. The van der Waals surface area contributed by atoms with Gasteiger partial charge in [0.2, 0.25) is 0 Å². The smallest absolute Gasteiger partial charge is 0.261 e. The van der Waals surface area contributed by atoms with Crippen molar-refractivity contribution < 1.29 is 0 Å². The standard InChI is InChI=1S/C15H11Br2N3O/c16-10-4-5-13-11(6-10)15(21)20(8-19-13)7-9-2-1-3-12(18)14(9)17/h1-6,8H,7,18H2. The van der Waals surface area contributed by atoms with Gasteiger partial charge in [-0.15, -0.1) is 0 Å². The molecule has 0 spiro atoms. The number of benzene rings is 2. The lowest BCUT2D eigenvalue weighted by Gasteiger charge is -2.10. The number of fused-ring (bicyclic) bond motifs is 1. The molecule has 2 N–H and O–H groups in total. The van der Waals surface area contributed by atoms with Gasteiger partial charge in [0, 0.05) is 14.6 Å². The number of aromatic nitrogens is 2. The van der Waals surface area contributed by atoms with Crippen molar-refractivity contribution in [2.24, 2.45) is 0 Å². The van der Waals surface area contributed by atoms with Crippen LogP contribution in [-0.2, 0) is 6.54 Å². The van der Waals surface area contributed by atoms with Crippen molar-refractivity contribution in [1.82, 2.24) is 9.55 Å².